The van der Waals surface area contributed by atoms with Crippen LogP contribution in [-0.4, -0.2) is 49.3 Å². The SMILES string of the molecule is CCC=CCC=CCC=CCC=CCCCCCCC(=O)O[C@H](COC(=O)CCCCCCCCCCCCCCCCCCCCC)COP(=O)(O)OCCN. The molecule has 0 aliphatic rings. The van der Waals surface area contributed by atoms with Crippen LogP contribution in [0.15, 0.2) is 48.6 Å². The number of nitrogens with two attached hydrogens (primary N) is 1. The lowest BCUT2D eigenvalue weighted by molar-refractivity contribution is -0.161. The van der Waals surface area contributed by atoms with Crippen molar-refractivity contribution in [2.75, 3.05) is 26.4 Å². The van der Waals surface area contributed by atoms with Crippen LogP contribution in [0.5, 0.6) is 0 Å². The van der Waals surface area contributed by atoms with Crippen molar-refractivity contribution >= 4 is 19.8 Å². The summed E-state index contributed by atoms with van der Waals surface area (Å²) >= 11 is 0. The van der Waals surface area contributed by atoms with E-state index in [2.05, 4.69) is 62.5 Å². The molecule has 10 heteroatoms. The fourth-order valence-corrected chi connectivity index (χ4v) is 7.10. The second-order valence-electron chi connectivity index (χ2n) is 15.2. The minimum Gasteiger partial charge on any atom is -0.462 e. The van der Waals surface area contributed by atoms with Crippen LogP contribution >= 0.6 is 7.82 Å². The van der Waals surface area contributed by atoms with Gasteiger partial charge in [-0.3, -0.25) is 18.6 Å². The van der Waals surface area contributed by atoms with E-state index in [1.165, 1.54) is 103 Å². The molecule has 2 atom stereocenters. The number of unbranched alkanes of at least 4 members (excludes halogenated alkanes) is 22. The number of hydrogen-bond acceptors (Lipinski definition) is 8. The number of ether oxygens (including phenoxy) is 2. The van der Waals surface area contributed by atoms with E-state index < -0.39 is 26.5 Å². The molecule has 3 N–H and O–H groups in total. The molecule has 57 heavy (non-hydrogen) atoms. The molecule has 0 spiro atoms. The smallest absolute Gasteiger partial charge is 0.462 e. The average molecular weight is 824 g/mol. The highest BCUT2D eigenvalue weighted by Crippen LogP contribution is 2.43. The van der Waals surface area contributed by atoms with Crippen molar-refractivity contribution in [1.29, 1.82) is 0 Å². The van der Waals surface area contributed by atoms with Crippen LogP contribution in [0.2, 0.25) is 0 Å². The molecule has 0 bridgehead atoms. The van der Waals surface area contributed by atoms with Crippen LogP contribution in [0.4, 0.5) is 0 Å². The molecule has 0 aliphatic heterocycles. The summed E-state index contributed by atoms with van der Waals surface area (Å²) < 4.78 is 32.8. The number of phosphoric acid groups is 1. The van der Waals surface area contributed by atoms with Gasteiger partial charge in [-0.15, -0.1) is 0 Å². The molecule has 0 aliphatic carbocycles. The third-order valence-corrected chi connectivity index (χ3v) is 10.7. The second kappa shape index (κ2) is 43.5. The predicted molar refractivity (Wildman–Crippen MR) is 238 cm³/mol. The van der Waals surface area contributed by atoms with Crippen molar-refractivity contribution in [2.24, 2.45) is 5.73 Å². The number of esters is 2. The summed E-state index contributed by atoms with van der Waals surface area (Å²) in [7, 11) is -4.39. The molecule has 0 aromatic rings. The normalized spacial score (nSPS) is 13.7. The molecular formula is C47H86NO8P. The van der Waals surface area contributed by atoms with Gasteiger partial charge in [-0.1, -0.05) is 191 Å². The molecule has 0 aromatic carbocycles. The highest BCUT2D eigenvalue weighted by molar-refractivity contribution is 7.47. The Labute approximate surface area is 349 Å². The van der Waals surface area contributed by atoms with Gasteiger partial charge in [-0.25, -0.2) is 4.57 Å². The number of allylic oxidation sites excluding steroid dienone is 8. The van der Waals surface area contributed by atoms with E-state index in [1.54, 1.807) is 0 Å². The minimum absolute atomic E-state index is 0.0485. The van der Waals surface area contributed by atoms with Crippen molar-refractivity contribution in [1.82, 2.24) is 0 Å². The van der Waals surface area contributed by atoms with Gasteiger partial charge >= 0.3 is 19.8 Å². The van der Waals surface area contributed by atoms with Crippen molar-refractivity contribution in [2.45, 2.75) is 213 Å². The van der Waals surface area contributed by atoms with Gasteiger partial charge in [0.05, 0.1) is 13.2 Å². The van der Waals surface area contributed by atoms with E-state index >= 15 is 0 Å². The van der Waals surface area contributed by atoms with Gasteiger partial charge in [0.25, 0.3) is 0 Å². The number of carbonyl (C=O) groups is 2. The summed E-state index contributed by atoms with van der Waals surface area (Å²) in [6.45, 7) is 3.61. The Hall–Kier alpha value is -2.03. The molecule has 0 heterocycles. The monoisotopic (exact) mass is 824 g/mol. The highest BCUT2D eigenvalue weighted by Gasteiger charge is 2.26. The third-order valence-electron chi connectivity index (χ3n) is 9.73. The number of rotatable bonds is 43. The molecule has 0 amide bonds. The zero-order valence-corrected chi connectivity index (χ0v) is 37.5. The summed E-state index contributed by atoms with van der Waals surface area (Å²) in [4.78, 5) is 34.9. The van der Waals surface area contributed by atoms with Crippen LogP contribution in [0.25, 0.3) is 0 Å². The van der Waals surface area contributed by atoms with E-state index in [4.69, 9.17) is 24.3 Å². The van der Waals surface area contributed by atoms with Crippen LogP contribution in [0, 0.1) is 0 Å². The standard InChI is InChI=1S/C47H86NO8P/c1-3-5-7-9-11-13-15-17-19-21-22-24-25-27-29-31-33-35-37-39-46(49)53-43-45(44-55-57(51,52)54-42-41-48)56-47(50)40-38-36-34-32-30-28-26-23-20-18-16-14-12-10-8-6-4-2/h6,8,12,14,18,20,26,28,45H,3-5,7,9-11,13,15-17,19,21-25,27,29-44,48H2,1-2H3,(H,51,52)/t45-/m1/s1. The summed E-state index contributed by atoms with van der Waals surface area (Å²) in [5.74, 6) is -0.851. The van der Waals surface area contributed by atoms with Crippen molar-refractivity contribution in [3.63, 3.8) is 0 Å². The van der Waals surface area contributed by atoms with Gasteiger partial charge in [0.1, 0.15) is 6.61 Å². The average Bonchev–Trinajstić information content (AvgIpc) is 3.20. The Bertz CT molecular complexity index is 1080. The zero-order valence-electron chi connectivity index (χ0n) is 36.6. The largest absolute Gasteiger partial charge is 0.472 e. The van der Waals surface area contributed by atoms with E-state index in [9.17, 15) is 19.0 Å². The number of carbonyl (C=O) groups excluding carboxylic acids is 2. The highest BCUT2D eigenvalue weighted by atomic mass is 31.2. The fraction of sp³-hybridized carbons (Fsp3) is 0.787. The Kier molecular flexibility index (Phi) is 42.0. The Morgan fingerprint density at radius 1 is 0.544 bits per heavy atom. The van der Waals surface area contributed by atoms with Gasteiger partial charge in [0.2, 0.25) is 0 Å². The number of hydrogen-bond donors (Lipinski definition) is 2. The molecule has 0 fully saturated rings. The first-order valence-corrected chi connectivity index (χ1v) is 24.6. The summed E-state index contributed by atoms with van der Waals surface area (Å²) in [5.41, 5.74) is 5.35. The van der Waals surface area contributed by atoms with Gasteiger partial charge < -0.3 is 20.1 Å². The molecule has 0 rings (SSSR count). The van der Waals surface area contributed by atoms with Crippen molar-refractivity contribution in [3.8, 4) is 0 Å². The van der Waals surface area contributed by atoms with E-state index in [0.717, 1.165) is 70.6 Å². The second-order valence-corrected chi connectivity index (χ2v) is 16.7. The fourth-order valence-electron chi connectivity index (χ4n) is 6.33. The Balaban J connectivity index is 4.13. The zero-order chi connectivity index (χ0) is 41.8. The molecule has 1 unspecified atom stereocenters. The molecule has 0 saturated carbocycles. The third kappa shape index (κ3) is 43.4. The maximum atomic E-state index is 12.6. The summed E-state index contributed by atoms with van der Waals surface area (Å²) in [5, 5.41) is 0. The first-order chi connectivity index (χ1) is 27.8. The summed E-state index contributed by atoms with van der Waals surface area (Å²) in [6.07, 6.45) is 50.0. The van der Waals surface area contributed by atoms with E-state index in [0.29, 0.717) is 6.42 Å². The Morgan fingerprint density at radius 3 is 1.44 bits per heavy atom. The lowest BCUT2D eigenvalue weighted by Crippen LogP contribution is -2.29. The molecule has 0 aromatic heterocycles. The van der Waals surface area contributed by atoms with Crippen molar-refractivity contribution in [3.05, 3.63) is 48.6 Å². The van der Waals surface area contributed by atoms with Gasteiger partial charge in [0, 0.05) is 19.4 Å². The Morgan fingerprint density at radius 2 is 0.965 bits per heavy atom. The van der Waals surface area contributed by atoms with Gasteiger partial charge in [-0.05, 0) is 51.4 Å². The minimum atomic E-state index is -4.39. The van der Waals surface area contributed by atoms with Crippen molar-refractivity contribution < 1.29 is 37.6 Å². The molecule has 332 valence electrons. The van der Waals surface area contributed by atoms with Crippen LogP contribution < -0.4 is 5.73 Å². The van der Waals surface area contributed by atoms with Crippen LogP contribution in [0.1, 0.15) is 206 Å². The van der Waals surface area contributed by atoms with Gasteiger partial charge in [-0.2, -0.15) is 0 Å². The van der Waals surface area contributed by atoms with Crippen LogP contribution in [-0.2, 0) is 32.7 Å². The topological polar surface area (TPSA) is 134 Å². The molecule has 9 nitrogen and oxygen atoms in total. The lowest BCUT2D eigenvalue weighted by atomic mass is 10.0. The molecular weight excluding hydrogens is 737 g/mol. The number of phosphoric ester groups is 1. The van der Waals surface area contributed by atoms with E-state index in [1.807, 2.05) is 0 Å². The van der Waals surface area contributed by atoms with Gasteiger partial charge in [0.15, 0.2) is 6.10 Å². The maximum absolute atomic E-state index is 12.6. The first kappa shape index (κ1) is 55.0. The lowest BCUT2D eigenvalue weighted by Gasteiger charge is -2.19. The van der Waals surface area contributed by atoms with E-state index in [-0.39, 0.29) is 38.6 Å². The molecule has 0 saturated heterocycles. The maximum Gasteiger partial charge on any atom is 0.472 e. The summed E-state index contributed by atoms with van der Waals surface area (Å²) in [6, 6.07) is 0. The molecule has 0 radical (unpaired) electrons. The first-order valence-electron chi connectivity index (χ1n) is 23.1. The quantitative estimate of drug-likeness (QED) is 0.0267. The predicted octanol–water partition coefficient (Wildman–Crippen LogP) is 13.5. The van der Waals surface area contributed by atoms with Crippen LogP contribution in [0.3, 0.4) is 0 Å².